The second-order valence-electron chi connectivity index (χ2n) is 7.26. The van der Waals surface area contributed by atoms with Crippen LogP contribution >= 0.6 is 0 Å². The third-order valence-corrected chi connectivity index (χ3v) is 5.37. The van der Waals surface area contributed by atoms with Crippen molar-refractivity contribution in [2.75, 3.05) is 6.54 Å². The van der Waals surface area contributed by atoms with Crippen LogP contribution in [0.15, 0.2) is 18.2 Å². The van der Waals surface area contributed by atoms with Crippen molar-refractivity contribution in [1.82, 2.24) is 4.90 Å². The predicted molar refractivity (Wildman–Crippen MR) is 87.6 cm³/mol. The van der Waals surface area contributed by atoms with Crippen LogP contribution in [-0.2, 0) is 6.42 Å². The molecule has 0 heterocycles. The summed E-state index contributed by atoms with van der Waals surface area (Å²) >= 11 is 0. The lowest BCUT2D eigenvalue weighted by Gasteiger charge is -2.35. The number of nitrogens with zero attached hydrogens (tertiary/aromatic N) is 1. The molecule has 116 valence electrons. The lowest BCUT2D eigenvalue weighted by Crippen LogP contribution is -2.37. The second-order valence-corrected chi connectivity index (χ2v) is 7.26. The van der Waals surface area contributed by atoms with E-state index in [1.807, 2.05) is 12.1 Å². The molecule has 0 aliphatic heterocycles. The van der Waals surface area contributed by atoms with Crippen molar-refractivity contribution in [3.05, 3.63) is 29.3 Å². The zero-order valence-corrected chi connectivity index (χ0v) is 13.5. The Morgan fingerprint density at radius 3 is 2.67 bits per heavy atom. The Hall–Kier alpha value is -1.02. The monoisotopic (exact) mass is 287 g/mol. The summed E-state index contributed by atoms with van der Waals surface area (Å²) < 4.78 is 0. The van der Waals surface area contributed by atoms with Crippen molar-refractivity contribution in [2.24, 2.45) is 5.92 Å². The van der Waals surface area contributed by atoms with Crippen LogP contribution in [-0.4, -0.2) is 22.6 Å². The van der Waals surface area contributed by atoms with Gasteiger partial charge in [-0.15, -0.1) is 0 Å². The van der Waals surface area contributed by atoms with Crippen molar-refractivity contribution in [2.45, 2.75) is 70.9 Å². The number of phenolic OH excluding ortho intramolecular Hbond substituents is 1. The van der Waals surface area contributed by atoms with Crippen molar-refractivity contribution in [1.29, 1.82) is 0 Å². The molecule has 1 saturated carbocycles. The van der Waals surface area contributed by atoms with E-state index in [1.165, 1.54) is 56.2 Å². The van der Waals surface area contributed by atoms with E-state index in [1.54, 1.807) is 0 Å². The van der Waals surface area contributed by atoms with Crippen LogP contribution in [0.3, 0.4) is 0 Å². The van der Waals surface area contributed by atoms with Gasteiger partial charge in [-0.1, -0.05) is 38.8 Å². The highest BCUT2D eigenvalue weighted by molar-refractivity contribution is 5.44. The summed E-state index contributed by atoms with van der Waals surface area (Å²) in [7, 11) is 0. The summed E-state index contributed by atoms with van der Waals surface area (Å²) in [6.45, 7) is 5.85. The SMILES string of the molecule is CC(C)CCN(C1CCCC1)C1CCc2c(O)cccc21. The number of hydrogen-bond donors (Lipinski definition) is 1. The predicted octanol–water partition coefficient (Wildman–Crippen LogP) is 4.67. The van der Waals surface area contributed by atoms with E-state index in [-0.39, 0.29) is 0 Å². The Kier molecular flexibility index (Phi) is 4.54. The Morgan fingerprint density at radius 1 is 1.19 bits per heavy atom. The molecule has 1 unspecified atom stereocenters. The molecule has 2 nitrogen and oxygen atoms in total. The third-order valence-electron chi connectivity index (χ3n) is 5.37. The van der Waals surface area contributed by atoms with Crippen LogP contribution in [0.25, 0.3) is 0 Å². The fraction of sp³-hybridized carbons (Fsp3) is 0.684. The zero-order chi connectivity index (χ0) is 14.8. The average Bonchev–Trinajstić information content (AvgIpc) is 3.10. The molecule has 0 aromatic heterocycles. The van der Waals surface area contributed by atoms with Gasteiger partial charge in [0.25, 0.3) is 0 Å². The molecule has 21 heavy (non-hydrogen) atoms. The molecule has 3 rings (SSSR count). The first-order chi connectivity index (χ1) is 10.2. The molecule has 1 fully saturated rings. The summed E-state index contributed by atoms with van der Waals surface area (Å²) in [5.41, 5.74) is 2.60. The molecule has 0 spiro atoms. The topological polar surface area (TPSA) is 23.5 Å². The van der Waals surface area contributed by atoms with Crippen LogP contribution in [0.2, 0.25) is 0 Å². The van der Waals surface area contributed by atoms with Crippen molar-refractivity contribution < 1.29 is 5.11 Å². The number of rotatable bonds is 5. The van der Waals surface area contributed by atoms with E-state index in [4.69, 9.17) is 0 Å². The fourth-order valence-corrected chi connectivity index (χ4v) is 4.19. The van der Waals surface area contributed by atoms with Gasteiger partial charge in [-0.05, 0) is 61.8 Å². The van der Waals surface area contributed by atoms with Crippen LogP contribution in [0.1, 0.15) is 69.5 Å². The minimum absolute atomic E-state index is 0.505. The van der Waals surface area contributed by atoms with Crippen LogP contribution in [0.5, 0.6) is 5.75 Å². The van der Waals surface area contributed by atoms with E-state index >= 15 is 0 Å². The van der Waals surface area contributed by atoms with Gasteiger partial charge in [0.05, 0.1) is 0 Å². The summed E-state index contributed by atoms with van der Waals surface area (Å²) in [6.07, 6.45) is 9.01. The quantitative estimate of drug-likeness (QED) is 0.850. The summed E-state index contributed by atoms with van der Waals surface area (Å²) in [5.74, 6) is 1.27. The highest BCUT2D eigenvalue weighted by Gasteiger charge is 2.34. The first-order valence-electron chi connectivity index (χ1n) is 8.73. The van der Waals surface area contributed by atoms with Crippen molar-refractivity contribution >= 4 is 0 Å². The molecule has 0 amide bonds. The first-order valence-corrected chi connectivity index (χ1v) is 8.73. The summed E-state index contributed by atoms with van der Waals surface area (Å²) in [6, 6.07) is 7.40. The summed E-state index contributed by atoms with van der Waals surface area (Å²) in [4.78, 5) is 2.78. The van der Waals surface area contributed by atoms with Gasteiger partial charge in [-0.25, -0.2) is 0 Å². The standard InChI is InChI=1S/C19H29NO/c1-14(2)12-13-20(15-6-3-4-7-15)18-11-10-17-16(18)8-5-9-19(17)21/h5,8-9,14-15,18,21H,3-4,6-7,10-13H2,1-2H3. The maximum Gasteiger partial charge on any atom is 0.119 e. The van der Waals surface area contributed by atoms with Crippen LogP contribution in [0.4, 0.5) is 0 Å². The van der Waals surface area contributed by atoms with E-state index in [0.29, 0.717) is 11.8 Å². The van der Waals surface area contributed by atoms with Crippen molar-refractivity contribution in [3.8, 4) is 5.75 Å². The Morgan fingerprint density at radius 2 is 1.95 bits per heavy atom. The van der Waals surface area contributed by atoms with Crippen LogP contribution < -0.4 is 0 Å². The Balaban J connectivity index is 1.82. The second kappa shape index (κ2) is 6.39. The number of aromatic hydroxyl groups is 1. The highest BCUT2D eigenvalue weighted by Crippen LogP contribution is 2.42. The molecule has 1 atom stereocenters. The number of hydrogen-bond acceptors (Lipinski definition) is 2. The summed E-state index contributed by atoms with van der Waals surface area (Å²) in [5, 5.41) is 10.1. The smallest absolute Gasteiger partial charge is 0.119 e. The number of benzene rings is 1. The highest BCUT2D eigenvalue weighted by atomic mass is 16.3. The normalized spacial score (nSPS) is 22.4. The molecule has 2 aliphatic carbocycles. The molecule has 1 aromatic carbocycles. The molecule has 1 N–H and O–H groups in total. The maximum atomic E-state index is 10.1. The first kappa shape index (κ1) is 14.9. The Labute approximate surface area is 129 Å². The van der Waals surface area contributed by atoms with Gasteiger partial charge < -0.3 is 5.11 Å². The molecular weight excluding hydrogens is 258 g/mol. The molecule has 1 aromatic rings. The van der Waals surface area contributed by atoms with Gasteiger partial charge >= 0.3 is 0 Å². The zero-order valence-electron chi connectivity index (χ0n) is 13.5. The lowest BCUT2D eigenvalue weighted by atomic mass is 10.0. The van der Waals surface area contributed by atoms with E-state index in [2.05, 4.69) is 24.8 Å². The molecule has 0 bridgehead atoms. The molecular formula is C19H29NO. The molecule has 2 heteroatoms. The lowest BCUT2D eigenvalue weighted by molar-refractivity contribution is 0.127. The third kappa shape index (κ3) is 3.11. The van der Waals surface area contributed by atoms with Gasteiger partial charge in [0, 0.05) is 12.1 Å². The van der Waals surface area contributed by atoms with Crippen LogP contribution in [0, 0.1) is 5.92 Å². The minimum atomic E-state index is 0.505. The van der Waals surface area contributed by atoms with Crippen molar-refractivity contribution in [3.63, 3.8) is 0 Å². The van der Waals surface area contributed by atoms with Gasteiger partial charge in [-0.3, -0.25) is 4.90 Å². The largest absolute Gasteiger partial charge is 0.508 e. The van der Waals surface area contributed by atoms with E-state index in [9.17, 15) is 5.11 Å². The fourth-order valence-electron chi connectivity index (χ4n) is 4.19. The van der Waals surface area contributed by atoms with E-state index < -0.39 is 0 Å². The molecule has 0 radical (unpaired) electrons. The van der Waals surface area contributed by atoms with Gasteiger partial charge in [0.1, 0.15) is 5.75 Å². The number of phenols is 1. The van der Waals surface area contributed by atoms with Gasteiger partial charge in [-0.2, -0.15) is 0 Å². The molecule has 2 aliphatic rings. The average molecular weight is 287 g/mol. The molecule has 0 saturated heterocycles. The maximum absolute atomic E-state index is 10.1. The van der Waals surface area contributed by atoms with Gasteiger partial charge in [0.2, 0.25) is 0 Å². The Bertz CT molecular complexity index is 476. The minimum Gasteiger partial charge on any atom is -0.508 e. The van der Waals surface area contributed by atoms with Gasteiger partial charge in [0.15, 0.2) is 0 Å². The number of fused-ring (bicyclic) bond motifs is 1. The van der Waals surface area contributed by atoms with E-state index in [0.717, 1.165) is 18.4 Å².